The summed E-state index contributed by atoms with van der Waals surface area (Å²) in [5.74, 6) is -0.169. The van der Waals surface area contributed by atoms with Gasteiger partial charge >= 0.3 is 0 Å². The third-order valence-electron chi connectivity index (χ3n) is 4.96. The number of nitrogens with one attached hydrogen (secondary N) is 2. The van der Waals surface area contributed by atoms with Crippen molar-refractivity contribution in [2.24, 2.45) is 0 Å². The Morgan fingerprint density at radius 1 is 1.22 bits per heavy atom. The summed E-state index contributed by atoms with van der Waals surface area (Å²) in [4.78, 5) is 12.4. The Morgan fingerprint density at radius 2 is 1.89 bits per heavy atom. The highest BCUT2D eigenvalue weighted by Crippen LogP contribution is 2.22. The highest BCUT2D eigenvalue weighted by Gasteiger charge is 2.31. The zero-order chi connectivity index (χ0) is 19.4. The molecule has 148 valence electrons. The Balaban J connectivity index is 1.53. The van der Waals surface area contributed by atoms with Gasteiger partial charge in [-0.2, -0.15) is 0 Å². The van der Waals surface area contributed by atoms with Gasteiger partial charge in [0.2, 0.25) is 15.9 Å². The van der Waals surface area contributed by atoms with E-state index in [-0.39, 0.29) is 30.7 Å². The first-order chi connectivity index (χ1) is 12.9. The number of aliphatic hydroxyl groups excluding tert-OH is 1. The van der Waals surface area contributed by atoms with Gasteiger partial charge in [-0.25, -0.2) is 13.1 Å². The van der Waals surface area contributed by atoms with Crippen molar-refractivity contribution in [2.45, 2.75) is 50.5 Å². The van der Waals surface area contributed by atoms with Crippen LogP contribution in [0, 0.1) is 0 Å². The minimum Gasteiger partial charge on any atom is -0.394 e. The first-order valence-electron chi connectivity index (χ1n) is 9.21. The molecule has 3 N–H and O–H groups in total. The quantitative estimate of drug-likeness (QED) is 0.577. The Bertz CT molecular complexity index is 783. The van der Waals surface area contributed by atoms with Gasteiger partial charge in [-0.3, -0.25) is 4.79 Å². The molecule has 0 bridgehead atoms. The van der Waals surface area contributed by atoms with E-state index in [0.29, 0.717) is 0 Å². The van der Waals surface area contributed by atoms with Crippen molar-refractivity contribution in [3.05, 3.63) is 47.5 Å². The number of fused-ring (bicyclic) bond motifs is 1. The molecule has 7 nitrogen and oxygen atoms in total. The van der Waals surface area contributed by atoms with Crippen LogP contribution in [0.15, 0.2) is 36.4 Å². The molecule has 0 saturated carbocycles. The van der Waals surface area contributed by atoms with Gasteiger partial charge in [0.15, 0.2) is 0 Å². The van der Waals surface area contributed by atoms with Gasteiger partial charge in [-0.05, 0) is 30.9 Å². The monoisotopic (exact) mass is 394 g/mol. The maximum atomic E-state index is 12.4. The Hall–Kier alpha value is -1.74. The normalized spacial score (nSPS) is 25.3. The van der Waals surface area contributed by atoms with Crippen LogP contribution in [-0.4, -0.2) is 56.1 Å². The highest BCUT2D eigenvalue weighted by molar-refractivity contribution is 7.89. The molecule has 3 atom stereocenters. The lowest BCUT2D eigenvalue weighted by Gasteiger charge is -2.31. The van der Waals surface area contributed by atoms with Gasteiger partial charge < -0.3 is 15.2 Å². The van der Waals surface area contributed by atoms with Crippen LogP contribution in [0.4, 0.5) is 0 Å². The molecule has 0 saturated heterocycles. The van der Waals surface area contributed by atoms with Crippen molar-refractivity contribution < 1.29 is 23.1 Å². The SMILES string of the molecule is CCS(=O)(=O)N[C@H]1C=C[C@@H](CC(=O)NC2Cc3ccccc3C2)O[C@@H]1CO. The zero-order valence-electron chi connectivity index (χ0n) is 15.3. The van der Waals surface area contributed by atoms with Crippen LogP contribution >= 0.6 is 0 Å². The minimum atomic E-state index is -3.42. The summed E-state index contributed by atoms with van der Waals surface area (Å²) in [6.07, 6.45) is 3.90. The molecule has 27 heavy (non-hydrogen) atoms. The van der Waals surface area contributed by atoms with Crippen LogP contribution < -0.4 is 10.0 Å². The number of ether oxygens (including phenoxy) is 1. The van der Waals surface area contributed by atoms with Crippen LogP contribution in [0.1, 0.15) is 24.5 Å². The number of carbonyl (C=O) groups excluding carboxylic acids is 1. The van der Waals surface area contributed by atoms with Crippen LogP contribution in [0.2, 0.25) is 0 Å². The van der Waals surface area contributed by atoms with Crippen LogP contribution in [0.25, 0.3) is 0 Å². The average Bonchev–Trinajstić information content (AvgIpc) is 3.04. The summed E-state index contributed by atoms with van der Waals surface area (Å²) in [7, 11) is -3.42. The van der Waals surface area contributed by atoms with E-state index < -0.39 is 28.3 Å². The fourth-order valence-corrected chi connectivity index (χ4v) is 4.34. The first-order valence-corrected chi connectivity index (χ1v) is 10.9. The zero-order valence-corrected chi connectivity index (χ0v) is 16.1. The molecule has 0 radical (unpaired) electrons. The molecule has 1 aromatic carbocycles. The highest BCUT2D eigenvalue weighted by atomic mass is 32.2. The van der Waals surface area contributed by atoms with Gasteiger partial charge in [0.1, 0.15) is 6.10 Å². The summed E-state index contributed by atoms with van der Waals surface area (Å²) < 4.78 is 31.7. The van der Waals surface area contributed by atoms with Crippen LogP contribution in [0.3, 0.4) is 0 Å². The van der Waals surface area contributed by atoms with Gasteiger partial charge in [0.05, 0.1) is 30.9 Å². The summed E-state index contributed by atoms with van der Waals surface area (Å²) in [6, 6.07) is 7.61. The number of hydrogen-bond donors (Lipinski definition) is 3. The lowest BCUT2D eigenvalue weighted by Crippen LogP contribution is -2.49. The maximum Gasteiger partial charge on any atom is 0.223 e. The molecule has 0 spiro atoms. The number of carbonyl (C=O) groups is 1. The molecule has 3 rings (SSSR count). The molecular weight excluding hydrogens is 368 g/mol. The Morgan fingerprint density at radius 3 is 2.48 bits per heavy atom. The summed E-state index contributed by atoms with van der Waals surface area (Å²) in [5, 5.41) is 12.6. The lowest BCUT2D eigenvalue weighted by atomic mass is 10.1. The topological polar surface area (TPSA) is 105 Å². The van der Waals surface area contributed by atoms with Gasteiger partial charge in [-0.15, -0.1) is 0 Å². The first kappa shape index (κ1) is 20.0. The van der Waals surface area contributed by atoms with Gasteiger partial charge in [-0.1, -0.05) is 36.4 Å². The second-order valence-electron chi connectivity index (χ2n) is 6.97. The Kier molecular flexibility index (Phi) is 6.31. The lowest BCUT2D eigenvalue weighted by molar-refractivity contribution is -0.125. The molecule has 2 aliphatic rings. The number of amides is 1. The van der Waals surface area contributed by atoms with Gasteiger partial charge in [0, 0.05) is 6.04 Å². The standard InChI is InChI=1S/C19H26N2O5S/c1-2-27(24,25)21-17-8-7-16(26-18(17)12-22)11-19(23)20-15-9-13-5-3-4-6-14(13)10-15/h3-8,15-18,21-22H,2,9-12H2,1H3,(H,20,23)/t16-,17-,18+/m0/s1. The molecular formula is C19H26N2O5S. The van der Waals surface area contributed by atoms with E-state index in [2.05, 4.69) is 22.2 Å². The molecule has 1 aliphatic carbocycles. The van der Waals surface area contributed by atoms with Crippen molar-refractivity contribution in [1.29, 1.82) is 0 Å². The van der Waals surface area contributed by atoms with Crippen molar-refractivity contribution >= 4 is 15.9 Å². The fraction of sp³-hybridized carbons (Fsp3) is 0.526. The molecule has 1 aromatic rings. The molecule has 1 aliphatic heterocycles. The maximum absolute atomic E-state index is 12.4. The second kappa shape index (κ2) is 8.52. The van der Waals surface area contributed by atoms with Crippen LogP contribution in [0.5, 0.6) is 0 Å². The second-order valence-corrected chi connectivity index (χ2v) is 9.02. The largest absolute Gasteiger partial charge is 0.394 e. The molecule has 8 heteroatoms. The van der Waals surface area contributed by atoms with E-state index in [4.69, 9.17) is 4.74 Å². The number of rotatable bonds is 7. The number of sulfonamides is 1. The van der Waals surface area contributed by atoms with Gasteiger partial charge in [0.25, 0.3) is 0 Å². The third kappa shape index (κ3) is 5.16. The van der Waals surface area contributed by atoms with E-state index in [1.165, 1.54) is 18.1 Å². The number of hydrogen-bond acceptors (Lipinski definition) is 5. The molecule has 0 fully saturated rings. The van der Waals surface area contributed by atoms with Crippen molar-refractivity contribution in [2.75, 3.05) is 12.4 Å². The van der Waals surface area contributed by atoms with E-state index in [0.717, 1.165) is 12.8 Å². The number of aliphatic hydroxyl groups is 1. The van der Waals surface area contributed by atoms with E-state index in [1.807, 2.05) is 12.1 Å². The van der Waals surface area contributed by atoms with Crippen molar-refractivity contribution in [3.8, 4) is 0 Å². The van der Waals surface area contributed by atoms with Crippen molar-refractivity contribution in [3.63, 3.8) is 0 Å². The fourth-order valence-electron chi connectivity index (χ4n) is 3.53. The molecule has 1 amide bonds. The predicted octanol–water partition coefficient (Wildman–Crippen LogP) is 0.284. The Labute approximate surface area is 159 Å². The molecule has 0 aromatic heterocycles. The average molecular weight is 394 g/mol. The van der Waals surface area contributed by atoms with Crippen LogP contribution in [-0.2, 0) is 32.4 Å². The summed E-state index contributed by atoms with van der Waals surface area (Å²) in [6.45, 7) is 1.20. The molecule has 1 heterocycles. The smallest absolute Gasteiger partial charge is 0.223 e. The third-order valence-corrected chi connectivity index (χ3v) is 6.35. The summed E-state index contributed by atoms with van der Waals surface area (Å²) >= 11 is 0. The number of benzene rings is 1. The summed E-state index contributed by atoms with van der Waals surface area (Å²) in [5.41, 5.74) is 2.53. The van der Waals surface area contributed by atoms with Crippen molar-refractivity contribution in [1.82, 2.24) is 10.0 Å². The van der Waals surface area contributed by atoms with E-state index >= 15 is 0 Å². The minimum absolute atomic E-state index is 0.0505. The van der Waals surface area contributed by atoms with E-state index in [9.17, 15) is 18.3 Å². The predicted molar refractivity (Wildman–Crippen MR) is 102 cm³/mol. The molecule has 0 unspecified atom stereocenters. The van der Waals surface area contributed by atoms with E-state index in [1.54, 1.807) is 12.2 Å².